The zero-order valence-corrected chi connectivity index (χ0v) is 12.3. The number of anilines is 1. The molecule has 0 aliphatic carbocycles. The fourth-order valence-corrected chi connectivity index (χ4v) is 2.30. The number of fused-ring (bicyclic) bond motifs is 1. The highest BCUT2D eigenvalue weighted by molar-refractivity contribution is 5.94. The number of likely N-dealkylation sites (N-methyl/N-ethyl adjacent to an activating group) is 1. The van der Waals surface area contributed by atoms with E-state index < -0.39 is 0 Å². The molecule has 20 heavy (non-hydrogen) atoms. The van der Waals surface area contributed by atoms with Gasteiger partial charge < -0.3 is 14.8 Å². The zero-order valence-electron chi connectivity index (χ0n) is 12.3. The van der Waals surface area contributed by atoms with Crippen LogP contribution in [0.4, 0.5) is 5.69 Å². The second-order valence-corrected chi connectivity index (χ2v) is 4.74. The van der Waals surface area contributed by atoms with E-state index in [1.165, 1.54) is 0 Å². The lowest BCUT2D eigenvalue weighted by Gasteiger charge is -2.25. The average molecular weight is 278 g/mol. The van der Waals surface area contributed by atoms with Crippen LogP contribution in [-0.4, -0.2) is 43.2 Å². The van der Waals surface area contributed by atoms with E-state index in [-0.39, 0.29) is 11.9 Å². The van der Waals surface area contributed by atoms with Gasteiger partial charge in [0.15, 0.2) is 11.5 Å². The topological polar surface area (TPSA) is 50.8 Å². The SMILES string of the molecule is CCN(CC)[C@@H](C)C(=O)Nc1ccc2c(c1)OCCO2. The minimum atomic E-state index is -0.154. The number of carbonyl (C=O) groups is 1. The summed E-state index contributed by atoms with van der Waals surface area (Å²) in [7, 11) is 0. The van der Waals surface area contributed by atoms with E-state index in [2.05, 4.69) is 24.1 Å². The van der Waals surface area contributed by atoms with Crippen molar-refractivity contribution in [2.75, 3.05) is 31.6 Å². The molecule has 1 amide bonds. The van der Waals surface area contributed by atoms with Gasteiger partial charge in [-0.25, -0.2) is 0 Å². The van der Waals surface area contributed by atoms with Gasteiger partial charge in [0.05, 0.1) is 6.04 Å². The zero-order chi connectivity index (χ0) is 14.5. The molecule has 1 atom stereocenters. The van der Waals surface area contributed by atoms with E-state index in [0.29, 0.717) is 19.0 Å². The predicted molar refractivity (Wildman–Crippen MR) is 78.4 cm³/mol. The Morgan fingerprint density at radius 1 is 1.25 bits per heavy atom. The van der Waals surface area contributed by atoms with Crippen LogP contribution in [0.25, 0.3) is 0 Å². The highest BCUT2D eigenvalue weighted by Crippen LogP contribution is 2.32. The fraction of sp³-hybridized carbons (Fsp3) is 0.533. The second kappa shape index (κ2) is 6.61. The first kappa shape index (κ1) is 14.7. The second-order valence-electron chi connectivity index (χ2n) is 4.74. The molecule has 0 unspecified atom stereocenters. The van der Waals surface area contributed by atoms with Crippen LogP contribution < -0.4 is 14.8 Å². The molecule has 1 aliphatic rings. The number of nitrogens with one attached hydrogen (secondary N) is 1. The Hall–Kier alpha value is -1.75. The van der Waals surface area contributed by atoms with Crippen LogP contribution in [0.3, 0.4) is 0 Å². The van der Waals surface area contributed by atoms with E-state index >= 15 is 0 Å². The molecule has 2 rings (SSSR count). The number of amides is 1. The normalized spacial score (nSPS) is 15.0. The van der Waals surface area contributed by atoms with Crippen LogP contribution in [0, 0.1) is 0 Å². The monoisotopic (exact) mass is 278 g/mol. The summed E-state index contributed by atoms with van der Waals surface area (Å²) in [6.45, 7) is 8.84. The van der Waals surface area contributed by atoms with Crippen molar-refractivity contribution in [1.29, 1.82) is 0 Å². The Balaban J connectivity index is 2.04. The van der Waals surface area contributed by atoms with E-state index in [0.717, 1.165) is 24.5 Å². The highest BCUT2D eigenvalue weighted by atomic mass is 16.6. The standard InChI is InChI=1S/C15H22N2O3/c1-4-17(5-2)11(3)15(18)16-12-6-7-13-14(10-12)20-9-8-19-13/h6-7,10-11H,4-5,8-9H2,1-3H3,(H,16,18)/t11-/m0/s1. The molecule has 5 heteroatoms. The maximum Gasteiger partial charge on any atom is 0.241 e. The summed E-state index contributed by atoms with van der Waals surface area (Å²) >= 11 is 0. The third kappa shape index (κ3) is 3.22. The lowest BCUT2D eigenvalue weighted by Crippen LogP contribution is -2.41. The first-order valence-electron chi connectivity index (χ1n) is 7.10. The van der Waals surface area contributed by atoms with Crippen molar-refractivity contribution in [3.05, 3.63) is 18.2 Å². The lowest BCUT2D eigenvalue weighted by atomic mass is 10.2. The molecule has 1 aliphatic heterocycles. The number of benzene rings is 1. The third-order valence-electron chi connectivity index (χ3n) is 3.55. The molecule has 0 fully saturated rings. The van der Waals surface area contributed by atoms with Crippen molar-refractivity contribution in [2.45, 2.75) is 26.8 Å². The molecule has 110 valence electrons. The van der Waals surface area contributed by atoms with Crippen LogP contribution in [0.15, 0.2) is 18.2 Å². The number of carbonyl (C=O) groups excluding carboxylic acids is 1. The quantitative estimate of drug-likeness (QED) is 0.896. The number of hydrogen-bond acceptors (Lipinski definition) is 4. The molecule has 0 radical (unpaired) electrons. The largest absolute Gasteiger partial charge is 0.486 e. The van der Waals surface area contributed by atoms with Gasteiger partial charge in [-0.05, 0) is 32.1 Å². The average Bonchev–Trinajstić information content (AvgIpc) is 2.48. The Bertz CT molecular complexity index is 472. The van der Waals surface area contributed by atoms with Gasteiger partial charge in [0.1, 0.15) is 13.2 Å². The van der Waals surface area contributed by atoms with Gasteiger partial charge in [-0.15, -0.1) is 0 Å². The number of rotatable bonds is 5. The minimum Gasteiger partial charge on any atom is -0.486 e. The van der Waals surface area contributed by atoms with Gasteiger partial charge in [0, 0.05) is 11.8 Å². The van der Waals surface area contributed by atoms with Crippen LogP contribution >= 0.6 is 0 Å². The molecule has 5 nitrogen and oxygen atoms in total. The Kier molecular flexibility index (Phi) is 4.84. The van der Waals surface area contributed by atoms with Crippen LogP contribution in [0.1, 0.15) is 20.8 Å². The summed E-state index contributed by atoms with van der Waals surface area (Å²) < 4.78 is 11.0. The first-order valence-corrected chi connectivity index (χ1v) is 7.10. The Labute approximate surface area is 119 Å². The molecule has 0 saturated carbocycles. The van der Waals surface area contributed by atoms with Gasteiger partial charge in [-0.3, -0.25) is 9.69 Å². The maximum absolute atomic E-state index is 12.2. The van der Waals surface area contributed by atoms with Crippen molar-refractivity contribution < 1.29 is 14.3 Å². The van der Waals surface area contributed by atoms with Crippen molar-refractivity contribution in [1.82, 2.24) is 4.90 Å². The van der Waals surface area contributed by atoms with Crippen molar-refractivity contribution in [2.24, 2.45) is 0 Å². The number of nitrogens with zero attached hydrogens (tertiary/aromatic N) is 1. The van der Waals surface area contributed by atoms with E-state index in [1.54, 1.807) is 6.07 Å². The van der Waals surface area contributed by atoms with Crippen LogP contribution in [0.5, 0.6) is 11.5 Å². The third-order valence-corrected chi connectivity index (χ3v) is 3.55. The van der Waals surface area contributed by atoms with Crippen molar-refractivity contribution >= 4 is 11.6 Å². The van der Waals surface area contributed by atoms with Crippen LogP contribution in [-0.2, 0) is 4.79 Å². The summed E-state index contributed by atoms with van der Waals surface area (Å²) in [5.41, 5.74) is 0.734. The Morgan fingerprint density at radius 3 is 2.55 bits per heavy atom. The highest BCUT2D eigenvalue weighted by Gasteiger charge is 2.19. The van der Waals surface area contributed by atoms with E-state index in [9.17, 15) is 4.79 Å². The molecule has 0 bridgehead atoms. The summed E-state index contributed by atoms with van der Waals surface area (Å²) in [5.74, 6) is 1.40. The summed E-state index contributed by atoms with van der Waals surface area (Å²) in [4.78, 5) is 14.3. The van der Waals surface area contributed by atoms with Crippen LogP contribution in [0.2, 0.25) is 0 Å². The Morgan fingerprint density at radius 2 is 1.90 bits per heavy atom. The molecule has 1 aromatic rings. The smallest absolute Gasteiger partial charge is 0.241 e. The van der Waals surface area contributed by atoms with Gasteiger partial charge in [0.25, 0.3) is 0 Å². The minimum absolute atomic E-state index is 0.00891. The summed E-state index contributed by atoms with van der Waals surface area (Å²) in [5, 5.41) is 2.92. The first-order chi connectivity index (χ1) is 9.65. The van der Waals surface area contributed by atoms with Crippen molar-refractivity contribution in [3.63, 3.8) is 0 Å². The molecule has 0 spiro atoms. The van der Waals surface area contributed by atoms with Gasteiger partial charge in [-0.1, -0.05) is 13.8 Å². The van der Waals surface area contributed by atoms with E-state index in [4.69, 9.17) is 9.47 Å². The number of ether oxygens (including phenoxy) is 2. The summed E-state index contributed by atoms with van der Waals surface area (Å²) in [6.07, 6.45) is 0. The summed E-state index contributed by atoms with van der Waals surface area (Å²) in [6, 6.07) is 5.31. The van der Waals surface area contributed by atoms with Gasteiger partial charge in [0.2, 0.25) is 5.91 Å². The molecular weight excluding hydrogens is 256 g/mol. The van der Waals surface area contributed by atoms with Gasteiger partial charge in [-0.2, -0.15) is 0 Å². The van der Waals surface area contributed by atoms with E-state index in [1.807, 2.05) is 19.1 Å². The molecule has 1 heterocycles. The van der Waals surface area contributed by atoms with Crippen molar-refractivity contribution in [3.8, 4) is 11.5 Å². The molecule has 1 N–H and O–H groups in total. The molecular formula is C15H22N2O3. The fourth-order valence-electron chi connectivity index (χ4n) is 2.30. The molecule has 1 aromatic carbocycles. The van der Waals surface area contributed by atoms with Gasteiger partial charge >= 0.3 is 0 Å². The number of hydrogen-bond donors (Lipinski definition) is 1. The maximum atomic E-state index is 12.2. The molecule has 0 aromatic heterocycles. The predicted octanol–water partition coefficient (Wildman–Crippen LogP) is 2.13. The lowest BCUT2D eigenvalue weighted by molar-refractivity contribution is -0.120. The molecule has 0 saturated heterocycles.